The molecule has 0 spiro atoms. The Labute approximate surface area is 152 Å². The smallest absolute Gasteiger partial charge is 0.315 e. The van der Waals surface area contributed by atoms with E-state index < -0.39 is 0 Å². The summed E-state index contributed by atoms with van der Waals surface area (Å²) in [4.78, 5) is 12.3. The van der Waals surface area contributed by atoms with Crippen molar-refractivity contribution in [2.75, 3.05) is 20.8 Å². The summed E-state index contributed by atoms with van der Waals surface area (Å²) in [7, 11) is 3.19. The van der Waals surface area contributed by atoms with Gasteiger partial charge in [0.1, 0.15) is 5.82 Å². The highest BCUT2D eigenvalue weighted by Crippen LogP contribution is 2.47. The van der Waals surface area contributed by atoms with Crippen molar-refractivity contribution >= 4 is 6.03 Å². The molecule has 0 unspecified atom stereocenters. The fraction of sp³-hybridized carbons (Fsp3) is 0.350. The van der Waals surface area contributed by atoms with Gasteiger partial charge in [-0.05, 0) is 54.7 Å². The van der Waals surface area contributed by atoms with Gasteiger partial charge in [0, 0.05) is 6.54 Å². The molecular formula is C20H23FN2O3. The molecule has 5 nitrogen and oxygen atoms in total. The number of carbonyl (C=O) groups excluding carboxylic acids is 1. The van der Waals surface area contributed by atoms with Crippen LogP contribution in [0.2, 0.25) is 0 Å². The summed E-state index contributed by atoms with van der Waals surface area (Å²) in [6, 6.07) is 11.8. The molecule has 0 radical (unpaired) electrons. The van der Waals surface area contributed by atoms with E-state index in [1.807, 2.05) is 18.2 Å². The lowest BCUT2D eigenvalue weighted by Crippen LogP contribution is -2.42. The van der Waals surface area contributed by atoms with E-state index in [1.54, 1.807) is 26.4 Å². The molecule has 0 aromatic heterocycles. The lowest BCUT2D eigenvalue weighted by Gasteiger charge is -2.20. The number of nitrogens with one attached hydrogen (secondary N) is 2. The average Bonchev–Trinajstić information content (AvgIpc) is 3.43. The van der Waals surface area contributed by atoms with E-state index in [1.165, 1.54) is 12.1 Å². The summed E-state index contributed by atoms with van der Waals surface area (Å²) >= 11 is 0. The molecule has 1 aliphatic carbocycles. The molecule has 0 bridgehead atoms. The van der Waals surface area contributed by atoms with Gasteiger partial charge in [-0.3, -0.25) is 0 Å². The maximum Gasteiger partial charge on any atom is 0.315 e. The number of urea groups is 1. The van der Waals surface area contributed by atoms with E-state index in [0.29, 0.717) is 24.5 Å². The van der Waals surface area contributed by atoms with Crippen molar-refractivity contribution < 1.29 is 18.7 Å². The maximum absolute atomic E-state index is 12.9. The second kappa shape index (κ2) is 7.64. The third-order valence-electron chi connectivity index (χ3n) is 4.65. The van der Waals surface area contributed by atoms with Crippen LogP contribution in [0.3, 0.4) is 0 Å². The van der Waals surface area contributed by atoms with Crippen LogP contribution in [0.5, 0.6) is 11.5 Å². The van der Waals surface area contributed by atoms with Gasteiger partial charge in [-0.15, -0.1) is 0 Å². The number of ether oxygens (including phenoxy) is 2. The minimum atomic E-state index is -0.348. The lowest BCUT2D eigenvalue weighted by molar-refractivity contribution is 0.236. The minimum Gasteiger partial charge on any atom is -0.493 e. The van der Waals surface area contributed by atoms with E-state index in [9.17, 15) is 9.18 Å². The van der Waals surface area contributed by atoms with Gasteiger partial charge in [0.15, 0.2) is 11.5 Å². The van der Waals surface area contributed by atoms with Crippen molar-refractivity contribution in [3.05, 3.63) is 59.4 Å². The van der Waals surface area contributed by atoms with Gasteiger partial charge in [-0.2, -0.15) is 0 Å². The first-order valence-corrected chi connectivity index (χ1v) is 8.59. The second-order valence-corrected chi connectivity index (χ2v) is 6.41. The third-order valence-corrected chi connectivity index (χ3v) is 4.65. The molecule has 2 aromatic carbocycles. The molecule has 1 aliphatic rings. The molecule has 2 N–H and O–H groups in total. The zero-order valence-electron chi connectivity index (χ0n) is 15.0. The molecule has 0 atom stereocenters. The zero-order chi connectivity index (χ0) is 18.6. The van der Waals surface area contributed by atoms with Crippen LogP contribution in [0, 0.1) is 5.82 Å². The van der Waals surface area contributed by atoms with Crippen LogP contribution in [0.1, 0.15) is 24.0 Å². The maximum atomic E-state index is 12.9. The molecule has 0 aliphatic heterocycles. The van der Waals surface area contributed by atoms with Crippen molar-refractivity contribution in [3.63, 3.8) is 0 Å². The summed E-state index contributed by atoms with van der Waals surface area (Å²) < 4.78 is 23.5. The topological polar surface area (TPSA) is 59.6 Å². The number of amides is 2. The SMILES string of the molecule is COc1ccc(C2(NC(=O)NCCc3ccc(F)cc3)CC2)cc1OC. The van der Waals surface area contributed by atoms with E-state index in [2.05, 4.69) is 10.6 Å². The predicted octanol–water partition coefficient (Wildman–Crippen LogP) is 3.37. The van der Waals surface area contributed by atoms with Gasteiger partial charge in [0.05, 0.1) is 19.8 Å². The van der Waals surface area contributed by atoms with E-state index >= 15 is 0 Å². The predicted molar refractivity (Wildman–Crippen MR) is 97.1 cm³/mol. The Kier molecular flexibility index (Phi) is 5.30. The van der Waals surface area contributed by atoms with Gasteiger partial charge in [-0.1, -0.05) is 18.2 Å². The standard InChI is InChI=1S/C20H23FN2O3/c1-25-17-8-5-15(13-18(17)26-2)20(10-11-20)23-19(24)22-12-9-14-3-6-16(21)7-4-14/h3-8,13H,9-12H2,1-2H3,(H2,22,23,24). The van der Waals surface area contributed by atoms with E-state index in [-0.39, 0.29) is 17.4 Å². The Balaban J connectivity index is 1.56. The summed E-state index contributed by atoms with van der Waals surface area (Å²) in [6.45, 7) is 0.486. The monoisotopic (exact) mass is 358 g/mol. The fourth-order valence-corrected chi connectivity index (χ4v) is 2.98. The first-order valence-electron chi connectivity index (χ1n) is 8.59. The minimum absolute atomic E-state index is 0.209. The number of hydrogen-bond donors (Lipinski definition) is 2. The molecule has 138 valence electrons. The van der Waals surface area contributed by atoms with Gasteiger partial charge >= 0.3 is 6.03 Å². The quantitative estimate of drug-likeness (QED) is 0.798. The number of rotatable bonds is 7. The van der Waals surface area contributed by atoms with E-state index in [4.69, 9.17) is 9.47 Å². The van der Waals surface area contributed by atoms with Crippen molar-refractivity contribution in [2.45, 2.75) is 24.8 Å². The Morgan fingerprint density at radius 3 is 2.38 bits per heavy atom. The number of methoxy groups -OCH3 is 2. The van der Waals surface area contributed by atoms with Crippen LogP contribution in [0.25, 0.3) is 0 Å². The van der Waals surface area contributed by atoms with Crippen LogP contribution < -0.4 is 20.1 Å². The molecule has 0 heterocycles. The Bertz CT molecular complexity index is 773. The van der Waals surface area contributed by atoms with Gasteiger partial charge in [0.2, 0.25) is 0 Å². The van der Waals surface area contributed by atoms with Crippen LogP contribution in [-0.4, -0.2) is 26.8 Å². The van der Waals surface area contributed by atoms with Crippen molar-refractivity contribution in [3.8, 4) is 11.5 Å². The molecular weight excluding hydrogens is 335 g/mol. The Morgan fingerprint density at radius 1 is 1.08 bits per heavy atom. The summed E-state index contributed by atoms with van der Waals surface area (Å²) in [5, 5.41) is 5.92. The molecule has 2 aromatic rings. The van der Waals surface area contributed by atoms with Gasteiger partial charge in [-0.25, -0.2) is 9.18 Å². The van der Waals surface area contributed by atoms with Crippen molar-refractivity contribution in [1.29, 1.82) is 0 Å². The largest absolute Gasteiger partial charge is 0.493 e. The summed E-state index contributed by atoms with van der Waals surface area (Å²) in [6.07, 6.45) is 2.42. The highest BCUT2D eigenvalue weighted by Gasteiger charge is 2.46. The van der Waals surface area contributed by atoms with Crippen LogP contribution in [-0.2, 0) is 12.0 Å². The van der Waals surface area contributed by atoms with Crippen LogP contribution in [0.4, 0.5) is 9.18 Å². The molecule has 0 saturated heterocycles. The highest BCUT2D eigenvalue weighted by atomic mass is 19.1. The first kappa shape index (κ1) is 18.0. The van der Waals surface area contributed by atoms with Crippen LogP contribution in [0.15, 0.2) is 42.5 Å². The number of carbonyl (C=O) groups is 1. The van der Waals surface area contributed by atoms with Crippen molar-refractivity contribution in [2.24, 2.45) is 0 Å². The third kappa shape index (κ3) is 4.07. The highest BCUT2D eigenvalue weighted by molar-refractivity contribution is 5.75. The van der Waals surface area contributed by atoms with Crippen molar-refractivity contribution in [1.82, 2.24) is 10.6 Å². The van der Waals surface area contributed by atoms with Gasteiger partial charge < -0.3 is 20.1 Å². The Hall–Kier alpha value is -2.76. The average molecular weight is 358 g/mol. The van der Waals surface area contributed by atoms with Crippen LogP contribution >= 0.6 is 0 Å². The van der Waals surface area contributed by atoms with Gasteiger partial charge in [0.25, 0.3) is 0 Å². The molecule has 6 heteroatoms. The summed E-state index contributed by atoms with van der Waals surface area (Å²) in [5.74, 6) is 1.05. The molecule has 1 fully saturated rings. The number of benzene rings is 2. The second-order valence-electron chi connectivity index (χ2n) is 6.41. The normalized spacial score (nSPS) is 14.4. The number of hydrogen-bond acceptors (Lipinski definition) is 3. The summed E-state index contributed by atoms with van der Waals surface area (Å²) in [5.41, 5.74) is 1.64. The van der Waals surface area contributed by atoms with E-state index in [0.717, 1.165) is 24.0 Å². The fourth-order valence-electron chi connectivity index (χ4n) is 2.98. The Morgan fingerprint density at radius 2 is 1.77 bits per heavy atom. The lowest BCUT2D eigenvalue weighted by atomic mass is 10.0. The molecule has 1 saturated carbocycles. The number of halogens is 1. The zero-order valence-corrected chi connectivity index (χ0v) is 15.0. The molecule has 3 rings (SSSR count). The molecule has 2 amide bonds. The first-order chi connectivity index (χ1) is 12.6. The molecule has 26 heavy (non-hydrogen) atoms.